The number of hydrogen-bond acceptors (Lipinski definition) is 4. The van der Waals surface area contributed by atoms with Crippen LogP contribution in [-0.2, 0) is 14.8 Å². The number of rotatable bonds is 2. The Morgan fingerprint density at radius 1 is 1.47 bits per heavy atom. The minimum Gasteiger partial charge on any atom is -0.274 e. The van der Waals surface area contributed by atoms with Crippen LogP contribution >= 0.6 is 0 Å². The summed E-state index contributed by atoms with van der Waals surface area (Å²) in [6, 6.07) is 7.24. The average molecular weight is 224 g/mol. The highest BCUT2D eigenvalue weighted by molar-refractivity contribution is 7.90. The van der Waals surface area contributed by atoms with Gasteiger partial charge in [-0.2, -0.15) is 5.26 Å². The van der Waals surface area contributed by atoms with Gasteiger partial charge < -0.3 is 0 Å². The third-order valence-electron chi connectivity index (χ3n) is 1.55. The summed E-state index contributed by atoms with van der Waals surface area (Å²) in [5.74, 6) is -0.669. The van der Waals surface area contributed by atoms with Crippen LogP contribution in [0.1, 0.15) is 12.5 Å². The molecule has 1 N–H and O–H groups in total. The van der Waals surface area contributed by atoms with Crippen molar-refractivity contribution < 1.29 is 13.2 Å². The Kier molecular flexibility index (Phi) is 3.07. The van der Waals surface area contributed by atoms with Crippen LogP contribution in [0.3, 0.4) is 0 Å². The predicted octanol–water partition coefficient (Wildman–Crippen LogP) is 0.383. The van der Waals surface area contributed by atoms with Gasteiger partial charge in [-0.25, -0.2) is 13.1 Å². The van der Waals surface area contributed by atoms with Gasteiger partial charge >= 0.3 is 0 Å². The van der Waals surface area contributed by atoms with Gasteiger partial charge in [0.05, 0.1) is 16.5 Å². The van der Waals surface area contributed by atoms with Crippen LogP contribution in [0.4, 0.5) is 0 Å². The standard InChI is InChI=1S/C9H8N2O3S/c1-7(12)11-15(13,14)9-4-2-3-8(5-9)6-10/h2-5H,1H3,(H,11,12). The molecule has 0 heterocycles. The number of nitriles is 1. The maximum Gasteiger partial charge on any atom is 0.264 e. The van der Waals surface area contributed by atoms with E-state index in [1.807, 2.05) is 10.8 Å². The van der Waals surface area contributed by atoms with Crippen molar-refractivity contribution in [3.8, 4) is 6.07 Å². The first-order valence-electron chi connectivity index (χ1n) is 3.99. The molecule has 0 spiro atoms. The molecule has 1 aromatic rings. The second kappa shape index (κ2) is 4.11. The van der Waals surface area contributed by atoms with Crippen molar-refractivity contribution in [3.63, 3.8) is 0 Å². The molecule has 0 aliphatic heterocycles. The minimum atomic E-state index is -3.84. The molecule has 0 atom stereocenters. The van der Waals surface area contributed by atoms with Crippen LogP contribution in [-0.4, -0.2) is 14.3 Å². The number of nitrogens with one attached hydrogen (secondary N) is 1. The number of carbonyl (C=O) groups is 1. The summed E-state index contributed by atoms with van der Waals surface area (Å²) in [6.45, 7) is 1.10. The van der Waals surface area contributed by atoms with E-state index in [2.05, 4.69) is 0 Å². The number of hydrogen-bond donors (Lipinski definition) is 1. The molecule has 0 saturated heterocycles. The molecule has 5 nitrogen and oxygen atoms in total. The number of benzene rings is 1. The van der Waals surface area contributed by atoms with Gasteiger partial charge in [-0.05, 0) is 18.2 Å². The molecule has 0 bridgehead atoms. The summed E-state index contributed by atoms with van der Waals surface area (Å²) in [6.07, 6.45) is 0. The molecule has 78 valence electrons. The number of nitrogens with zero attached hydrogens (tertiary/aromatic N) is 1. The Morgan fingerprint density at radius 2 is 2.13 bits per heavy atom. The normalized spacial score (nSPS) is 10.4. The van der Waals surface area contributed by atoms with E-state index >= 15 is 0 Å². The van der Waals surface area contributed by atoms with E-state index in [4.69, 9.17) is 5.26 Å². The van der Waals surface area contributed by atoms with Crippen LogP contribution in [0.2, 0.25) is 0 Å². The minimum absolute atomic E-state index is 0.100. The lowest BCUT2D eigenvalue weighted by Gasteiger charge is -2.03. The second-order valence-electron chi connectivity index (χ2n) is 2.80. The fourth-order valence-corrected chi connectivity index (χ4v) is 2.02. The van der Waals surface area contributed by atoms with Crippen LogP contribution < -0.4 is 4.72 Å². The Morgan fingerprint density at radius 3 is 2.67 bits per heavy atom. The van der Waals surface area contributed by atoms with Gasteiger partial charge in [0.25, 0.3) is 10.0 Å². The Hall–Kier alpha value is -1.87. The van der Waals surface area contributed by atoms with Crippen LogP contribution in [0, 0.1) is 11.3 Å². The maximum absolute atomic E-state index is 11.5. The molecule has 0 aliphatic rings. The number of sulfonamides is 1. The van der Waals surface area contributed by atoms with Gasteiger partial charge in [0.15, 0.2) is 0 Å². The first kappa shape index (κ1) is 11.2. The van der Waals surface area contributed by atoms with Crippen LogP contribution in [0.25, 0.3) is 0 Å². The molecule has 1 amide bonds. The highest BCUT2D eigenvalue weighted by atomic mass is 32.2. The molecule has 0 unspecified atom stereocenters. The van der Waals surface area contributed by atoms with E-state index in [-0.39, 0.29) is 10.5 Å². The first-order chi connectivity index (χ1) is 6.95. The monoisotopic (exact) mass is 224 g/mol. The average Bonchev–Trinajstić information content (AvgIpc) is 2.16. The topological polar surface area (TPSA) is 87.0 Å². The van der Waals surface area contributed by atoms with E-state index in [0.717, 1.165) is 6.92 Å². The molecule has 0 aromatic heterocycles. The smallest absolute Gasteiger partial charge is 0.264 e. The highest BCUT2D eigenvalue weighted by Gasteiger charge is 2.15. The Bertz CT molecular complexity index is 529. The van der Waals surface area contributed by atoms with Gasteiger partial charge in [0, 0.05) is 6.92 Å². The highest BCUT2D eigenvalue weighted by Crippen LogP contribution is 2.10. The second-order valence-corrected chi connectivity index (χ2v) is 4.48. The predicted molar refractivity (Wildman–Crippen MR) is 52.2 cm³/mol. The quantitative estimate of drug-likeness (QED) is 0.786. The van der Waals surface area contributed by atoms with Crippen LogP contribution in [0.15, 0.2) is 29.2 Å². The molecule has 1 aromatic carbocycles. The third kappa shape index (κ3) is 2.79. The van der Waals surface area contributed by atoms with Crippen molar-refractivity contribution in [2.45, 2.75) is 11.8 Å². The zero-order chi connectivity index (χ0) is 11.5. The number of amides is 1. The summed E-state index contributed by atoms with van der Waals surface area (Å²) in [5.41, 5.74) is 0.224. The van der Waals surface area contributed by atoms with E-state index in [1.165, 1.54) is 24.3 Å². The molecule has 1 rings (SSSR count). The fraction of sp³-hybridized carbons (Fsp3) is 0.111. The van der Waals surface area contributed by atoms with Gasteiger partial charge in [-0.1, -0.05) is 6.07 Å². The SMILES string of the molecule is CC(=O)NS(=O)(=O)c1cccc(C#N)c1. The first-order valence-corrected chi connectivity index (χ1v) is 5.47. The molecule has 6 heteroatoms. The summed E-state index contributed by atoms with van der Waals surface area (Å²) >= 11 is 0. The van der Waals surface area contributed by atoms with Crippen molar-refractivity contribution >= 4 is 15.9 Å². The molecular weight excluding hydrogens is 216 g/mol. The summed E-state index contributed by atoms with van der Waals surface area (Å²) in [5, 5.41) is 8.58. The van der Waals surface area contributed by atoms with Gasteiger partial charge in [-0.15, -0.1) is 0 Å². The van der Waals surface area contributed by atoms with Gasteiger partial charge in [0.1, 0.15) is 0 Å². The largest absolute Gasteiger partial charge is 0.274 e. The number of carbonyl (C=O) groups excluding carboxylic acids is 1. The zero-order valence-corrected chi connectivity index (χ0v) is 8.71. The molecule has 0 radical (unpaired) electrons. The Balaban J connectivity index is 3.17. The molecule has 0 fully saturated rings. The fourth-order valence-electron chi connectivity index (χ4n) is 0.981. The van der Waals surface area contributed by atoms with Crippen molar-refractivity contribution in [2.24, 2.45) is 0 Å². The maximum atomic E-state index is 11.5. The lowest BCUT2D eigenvalue weighted by Crippen LogP contribution is -2.28. The van der Waals surface area contributed by atoms with Gasteiger partial charge in [0.2, 0.25) is 5.91 Å². The summed E-state index contributed by atoms with van der Waals surface area (Å²) in [4.78, 5) is 10.5. The molecular formula is C9H8N2O3S. The molecule has 0 saturated carbocycles. The summed E-state index contributed by atoms with van der Waals surface area (Å²) < 4.78 is 24.7. The van der Waals surface area contributed by atoms with E-state index in [9.17, 15) is 13.2 Å². The van der Waals surface area contributed by atoms with Crippen molar-refractivity contribution in [3.05, 3.63) is 29.8 Å². The van der Waals surface area contributed by atoms with Crippen molar-refractivity contribution in [1.29, 1.82) is 5.26 Å². The van der Waals surface area contributed by atoms with Crippen molar-refractivity contribution in [2.75, 3.05) is 0 Å². The lowest BCUT2D eigenvalue weighted by molar-refractivity contribution is -0.117. The molecule has 15 heavy (non-hydrogen) atoms. The third-order valence-corrected chi connectivity index (χ3v) is 2.98. The summed E-state index contributed by atoms with van der Waals surface area (Å²) in [7, 11) is -3.84. The van der Waals surface area contributed by atoms with Crippen molar-refractivity contribution in [1.82, 2.24) is 4.72 Å². The van der Waals surface area contributed by atoms with E-state index in [1.54, 1.807) is 0 Å². The van der Waals surface area contributed by atoms with Crippen LogP contribution in [0.5, 0.6) is 0 Å². The van der Waals surface area contributed by atoms with E-state index < -0.39 is 15.9 Å². The zero-order valence-electron chi connectivity index (χ0n) is 7.89. The van der Waals surface area contributed by atoms with Gasteiger partial charge in [-0.3, -0.25) is 4.79 Å². The lowest BCUT2D eigenvalue weighted by atomic mass is 10.2. The molecule has 0 aliphatic carbocycles. The van der Waals surface area contributed by atoms with E-state index in [0.29, 0.717) is 0 Å². The Labute approximate surface area is 87.4 Å².